The molecule has 0 aromatic heterocycles. The van der Waals surface area contributed by atoms with Crippen molar-refractivity contribution in [1.29, 1.82) is 0 Å². The van der Waals surface area contributed by atoms with Crippen LogP contribution in [0.2, 0.25) is 0 Å². The van der Waals surface area contributed by atoms with Gasteiger partial charge in [-0.05, 0) is 18.4 Å². The van der Waals surface area contributed by atoms with Gasteiger partial charge in [0.1, 0.15) is 12.4 Å². The standard InChI is InChI=1S/C14H22N2O2/c1-17-8-9-18-14-5-3-2-4-12(14)13(16-15)10-11-6-7-11/h2-5,11,13,16H,6-10,15H2,1H3. The van der Waals surface area contributed by atoms with Crippen LogP contribution < -0.4 is 16.0 Å². The van der Waals surface area contributed by atoms with Crippen LogP contribution in [-0.2, 0) is 4.74 Å². The maximum atomic E-state index is 5.74. The molecule has 2 rings (SSSR count). The Bertz CT molecular complexity index is 367. The van der Waals surface area contributed by atoms with E-state index >= 15 is 0 Å². The van der Waals surface area contributed by atoms with Gasteiger partial charge in [0.2, 0.25) is 0 Å². The molecule has 1 unspecified atom stereocenters. The first-order chi connectivity index (χ1) is 8.85. The van der Waals surface area contributed by atoms with Crippen LogP contribution in [0.3, 0.4) is 0 Å². The zero-order chi connectivity index (χ0) is 12.8. The average Bonchev–Trinajstić information content (AvgIpc) is 3.21. The zero-order valence-corrected chi connectivity index (χ0v) is 10.9. The molecule has 1 atom stereocenters. The summed E-state index contributed by atoms with van der Waals surface area (Å²) in [6.07, 6.45) is 3.73. The van der Waals surface area contributed by atoms with Gasteiger partial charge >= 0.3 is 0 Å². The number of ether oxygens (including phenoxy) is 2. The van der Waals surface area contributed by atoms with Crippen molar-refractivity contribution in [2.24, 2.45) is 11.8 Å². The van der Waals surface area contributed by atoms with Gasteiger partial charge in [-0.25, -0.2) is 0 Å². The van der Waals surface area contributed by atoms with Gasteiger partial charge in [-0.3, -0.25) is 11.3 Å². The summed E-state index contributed by atoms with van der Waals surface area (Å²) >= 11 is 0. The molecule has 0 heterocycles. The van der Waals surface area contributed by atoms with Gasteiger partial charge in [-0.2, -0.15) is 0 Å². The van der Waals surface area contributed by atoms with Gasteiger partial charge in [0.25, 0.3) is 0 Å². The Morgan fingerprint density at radius 3 is 2.78 bits per heavy atom. The van der Waals surface area contributed by atoms with Crippen LogP contribution in [0.4, 0.5) is 0 Å². The summed E-state index contributed by atoms with van der Waals surface area (Å²) in [6, 6.07) is 8.25. The van der Waals surface area contributed by atoms with Crippen LogP contribution in [-0.4, -0.2) is 20.3 Å². The van der Waals surface area contributed by atoms with Gasteiger partial charge in [0.05, 0.1) is 6.61 Å². The summed E-state index contributed by atoms with van der Waals surface area (Å²) < 4.78 is 10.7. The molecule has 3 N–H and O–H groups in total. The molecule has 0 saturated heterocycles. The Morgan fingerprint density at radius 1 is 1.33 bits per heavy atom. The molecule has 1 aliphatic carbocycles. The Labute approximate surface area is 108 Å². The molecule has 0 aliphatic heterocycles. The highest BCUT2D eigenvalue weighted by Crippen LogP contribution is 2.39. The van der Waals surface area contributed by atoms with E-state index in [4.69, 9.17) is 15.3 Å². The van der Waals surface area contributed by atoms with E-state index in [1.54, 1.807) is 7.11 Å². The van der Waals surface area contributed by atoms with E-state index in [0.717, 1.165) is 23.7 Å². The molecular formula is C14H22N2O2. The van der Waals surface area contributed by atoms with E-state index in [9.17, 15) is 0 Å². The molecule has 100 valence electrons. The first kappa shape index (κ1) is 13.3. The maximum absolute atomic E-state index is 5.74. The lowest BCUT2D eigenvalue weighted by Gasteiger charge is -2.19. The minimum absolute atomic E-state index is 0.177. The van der Waals surface area contributed by atoms with Crippen molar-refractivity contribution in [3.63, 3.8) is 0 Å². The second kappa shape index (κ2) is 6.73. The molecule has 0 radical (unpaired) electrons. The fourth-order valence-corrected chi connectivity index (χ4v) is 2.11. The Kier molecular flexibility index (Phi) is 4.99. The third kappa shape index (κ3) is 3.70. The molecule has 0 amide bonds. The van der Waals surface area contributed by atoms with E-state index in [1.165, 1.54) is 12.8 Å². The van der Waals surface area contributed by atoms with Gasteiger partial charge in [0, 0.05) is 18.7 Å². The van der Waals surface area contributed by atoms with E-state index in [-0.39, 0.29) is 6.04 Å². The lowest BCUT2D eigenvalue weighted by atomic mass is 10.0. The molecule has 18 heavy (non-hydrogen) atoms. The molecule has 4 heteroatoms. The van der Waals surface area contributed by atoms with Crippen molar-refractivity contribution in [3.05, 3.63) is 29.8 Å². The first-order valence-electron chi connectivity index (χ1n) is 6.52. The molecule has 0 bridgehead atoms. The predicted molar refractivity (Wildman–Crippen MR) is 71.2 cm³/mol. The molecule has 0 spiro atoms. The van der Waals surface area contributed by atoms with Crippen molar-refractivity contribution >= 4 is 0 Å². The highest BCUT2D eigenvalue weighted by Gasteiger charge is 2.27. The number of nitrogens with one attached hydrogen (secondary N) is 1. The van der Waals surface area contributed by atoms with E-state index in [0.29, 0.717) is 13.2 Å². The number of rotatable bonds is 8. The van der Waals surface area contributed by atoms with Crippen molar-refractivity contribution in [2.75, 3.05) is 20.3 Å². The Balaban J connectivity index is 2.03. The van der Waals surface area contributed by atoms with Crippen LogP contribution in [0.25, 0.3) is 0 Å². The third-order valence-electron chi connectivity index (χ3n) is 3.31. The minimum Gasteiger partial charge on any atom is -0.491 e. The summed E-state index contributed by atoms with van der Waals surface area (Å²) in [7, 11) is 1.67. The van der Waals surface area contributed by atoms with Crippen molar-refractivity contribution in [1.82, 2.24) is 5.43 Å². The number of nitrogens with two attached hydrogens (primary N) is 1. The van der Waals surface area contributed by atoms with Crippen molar-refractivity contribution < 1.29 is 9.47 Å². The SMILES string of the molecule is COCCOc1ccccc1C(CC1CC1)NN. The van der Waals surface area contributed by atoms with Crippen molar-refractivity contribution in [3.8, 4) is 5.75 Å². The third-order valence-corrected chi connectivity index (χ3v) is 3.31. The van der Waals surface area contributed by atoms with Crippen LogP contribution in [0.5, 0.6) is 5.75 Å². The highest BCUT2D eigenvalue weighted by molar-refractivity contribution is 5.36. The summed E-state index contributed by atoms with van der Waals surface area (Å²) in [4.78, 5) is 0. The van der Waals surface area contributed by atoms with E-state index in [2.05, 4.69) is 11.5 Å². The largest absolute Gasteiger partial charge is 0.491 e. The number of hydrazine groups is 1. The summed E-state index contributed by atoms with van der Waals surface area (Å²) in [5, 5.41) is 0. The minimum atomic E-state index is 0.177. The lowest BCUT2D eigenvalue weighted by Crippen LogP contribution is -2.28. The quantitative estimate of drug-likeness (QED) is 0.421. The number of hydrogen-bond donors (Lipinski definition) is 2. The predicted octanol–water partition coefficient (Wildman–Crippen LogP) is 2.02. The fourth-order valence-electron chi connectivity index (χ4n) is 2.11. The molecular weight excluding hydrogens is 228 g/mol. The molecule has 4 nitrogen and oxygen atoms in total. The van der Waals surface area contributed by atoms with Gasteiger partial charge < -0.3 is 9.47 Å². The fraction of sp³-hybridized carbons (Fsp3) is 0.571. The van der Waals surface area contributed by atoms with Crippen LogP contribution in [0, 0.1) is 5.92 Å². The first-order valence-corrected chi connectivity index (χ1v) is 6.52. The molecule has 1 saturated carbocycles. The van der Waals surface area contributed by atoms with Gasteiger partial charge in [-0.15, -0.1) is 0 Å². The van der Waals surface area contributed by atoms with Crippen LogP contribution >= 0.6 is 0 Å². The Morgan fingerprint density at radius 2 is 2.11 bits per heavy atom. The van der Waals surface area contributed by atoms with Gasteiger partial charge in [-0.1, -0.05) is 31.0 Å². The highest BCUT2D eigenvalue weighted by atomic mass is 16.5. The lowest BCUT2D eigenvalue weighted by molar-refractivity contribution is 0.145. The Hall–Kier alpha value is -1.10. The van der Waals surface area contributed by atoms with E-state index in [1.807, 2.05) is 18.2 Å². The topological polar surface area (TPSA) is 56.5 Å². The second-order valence-corrected chi connectivity index (χ2v) is 4.78. The van der Waals surface area contributed by atoms with Crippen molar-refractivity contribution in [2.45, 2.75) is 25.3 Å². The summed E-state index contributed by atoms with van der Waals surface area (Å²) in [6.45, 7) is 1.16. The molecule has 1 fully saturated rings. The zero-order valence-electron chi connectivity index (χ0n) is 10.9. The number of para-hydroxylation sites is 1. The maximum Gasteiger partial charge on any atom is 0.124 e. The number of benzene rings is 1. The normalized spacial score (nSPS) is 16.6. The molecule has 1 aromatic rings. The number of hydrogen-bond acceptors (Lipinski definition) is 4. The van der Waals surface area contributed by atoms with Crippen LogP contribution in [0.15, 0.2) is 24.3 Å². The smallest absolute Gasteiger partial charge is 0.124 e. The average molecular weight is 250 g/mol. The van der Waals surface area contributed by atoms with Crippen LogP contribution in [0.1, 0.15) is 30.9 Å². The molecule has 1 aliphatic rings. The van der Waals surface area contributed by atoms with E-state index < -0.39 is 0 Å². The summed E-state index contributed by atoms with van der Waals surface area (Å²) in [5.74, 6) is 7.39. The molecule has 1 aromatic carbocycles. The number of methoxy groups -OCH3 is 1. The second-order valence-electron chi connectivity index (χ2n) is 4.78. The summed E-state index contributed by atoms with van der Waals surface area (Å²) in [5.41, 5.74) is 4.05. The monoisotopic (exact) mass is 250 g/mol. The van der Waals surface area contributed by atoms with Gasteiger partial charge in [0.15, 0.2) is 0 Å².